The fourth-order valence-corrected chi connectivity index (χ4v) is 3.01. The van der Waals surface area contributed by atoms with Crippen LogP contribution in [0.5, 0.6) is 0 Å². The van der Waals surface area contributed by atoms with Gasteiger partial charge in [0.1, 0.15) is 0 Å². The number of carbonyl (C=O) groups is 1. The van der Waals surface area contributed by atoms with Crippen LogP contribution in [0.25, 0.3) is 0 Å². The summed E-state index contributed by atoms with van der Waals surface area (Å²) in [5.41, 5.74) is 0. The molecule has 98 valence electrons. The van der Waals surface area contributed by atoms with Gasteiger partial charge in [0, 0.05) is 6.54 Å². The number of hydrogen-bond donors (Lipinski definition) is 2. The maximum absolute atomic E-state index is 12.0. The highest BCUT2D eigenvalue weighted by molar-refractivity contribution is 5.81. The van der Waals surface area contributed by atoms with Crippen molar-refractivity contribution < 1.29 is 4.79 Å². The molecule has 0 aromatic heterocycles. The van der Waals surface area contributed by atoms with Gasteiger partial charge in [0.2, 0.25) is 5.91 Å². The quantitative estimate of drug-likeness (QED) is 0.791. The van der Waals surface area contributed by atoms with Crippen LogP contribution >= 0.6 is 0 Å². The van der Waals surface area contributed by atoms with E-state index < -0.39 is 0 Å². The van der Waals surface area contributed by atoms with Gasteiger partial charge in [0.25, 0.3) is 0 Å². The van der Waals surface area contributed by atoms with Crippen LogP contribution in [0.2, 0.25) is 0 Å². The standard InChI is InChI=1S/C14H26N2O/c17-14(13-9-5-2-6-10-15-13)16-11-12-7-3-1-4-8-12/h12-13,15H,1-11H2,(H,16,17). The summed E-state index contributed by atoms with van der Waals surface area (Å²) in [6.07, 6.45) is 11.4. The molecular formula is C14H26N2O. The zero-order valence-electron chi connectivity index (χ0n) is 10.8. The molecule has 1 heterocycles. The van der Waals surface area contributed by atoms with E-state index in [2.05, 4.69) is 10.6 Å². The Labute approximate surface area is 105 Å². The van der Waals surface area contributed by atoms with Crippen molar-refractivity contribution in [2.24, 2.45) is 5.92 Å². The largest absolute Gasteiger partial charge is 0.354 e. The van der Waals surface area contributed by atoms with Gasteiger partial charge in [-0.2, -0.15) is 0 Å². The van der Waals surface area contributed by atoms with Crippen molar-refractivity contribution in [3.8, 4) is 0 Å². The van der Waals surface area contributed by atoms with E-state index in [1.807, 2.05) is 0 Å². The molecule has 1 atom stereocenters. The first-order valence-electron chi connectivity index (χ1n) is 7.37. The van der Waals surface area contributed by atoms with Crippen LogP contribution < -0.4 is 10.6 Å². The average Bonchev–Trinajstić information content (AvgIpc) is 2.66. The molecule has 2 fully saturated rings. The molecule has 0 spiro atoms. The molecule has 3 heteroatoms. The predicted octanol–water partition coefficient (Wildman–Crippen LogP) is 2.22. The highest BCUT2D eigenvalue weighted by Gasteiger charge is 2.20. The van der Waals surface area contributed by atoms with Crippen molar-refractivity contribution in [2.45, 2.75) is 63.8 Å². The van der Waals surface area contributed by atoms with E-state index in [9.17, 15) is 4.79 Å². The van der Waals surface area contributed by atoms with Crippen molar-refractivity contribution in [2.75, 3.05) is 13.1 Å². The topological polar surface area (TPSA) is 41.1 Å². The number of amides is 1. The summed E-state index contributed by atoms with van der Waals surface area (Å²) >= 11 is 0. The first-order chi connectivity index (χ1) is 8.36. The Morgan fingerprint density at radius 3 is 2.53 bits per heavy atom. The van der Waals surface area contributed by atoms with Crippen molar-refractivity contribution in [1.82, 2.24) is 10.6 Å². The highest BCUT2D eigenvalue weighted by Crippen LogP contribution is 2.22. The van der Waals surface area contributed by atoms with Crippen LogP contribution in [0.15, 0.2) is 0 Å². The summed E-state index contributed by atoms with van der Waals surface area (Å²) in [5, 5.41) is 6.51. The van der Waals surface area contributed by atoms with E-state index >= 15 is 0 Å². The third-order valence-electron chi connectivity index (χ3n) is 4.17. The third kappa shape index (κ3) is 4.30. The monoisotopic (exact) mass is 238 g/mol. The summed E-state index contributed by atoms with van der Waals surface area (Å²) in [6, 6.07) is 0.0705. The SMILES string of the molecule is O=C(NCC1CCCCC1)C1CCCCCN1. The second-order valence-electron chi connectivity index (χ2n) is 5.61. The van der Waals surface area contributed by atoms with E-state index in [0.717, 1.165) is 25.4 Å². The number of carbonyl (C=O) groups excluding carboxylic acids is 1. The zero-order chi connectivity index (χ0) is 11.9. The van der Waals surface area contributed by atoms with E-state index in [1.165, 1.54) is 51.4 Å². The molecule has 1 aliphatic carbocycles. The number of nitrogens with one attached hydrogen (secondary N) is 2. The van der Waals surface area contributed by atoms with Crippen LogP contribution in [0.4, 0.5) is 0 Å². The molecule has 1 saturated carbocycles. The van der Waals surface area contributed by atoms with E-state index in [1.54, 1.807) is 0 Å². The molecular weight excluding hydrogens is 212 g/mol. The molecule has 0 aromatic carbocycles. The fourth-order valence-electron chi connectivity index (χ4n) is 3.01. The zero-order valence-corrected chi connectivity index (χ0v) is 10.8. The van der Waals surface area contributed by atoms with Crippen molar-refractivity contribution >= 4 is 5.91 Å². The summed E-state index contributed by atoms with van der Waals surface area (Å²) in [5.74, 6) is 0.968. The summed E-state index contributed by atoms with van der Waals surface area (Å²) in [7, 11) is 0. The smallest absolute Gasteiger partial charge is 0.237 e. The Morgan fingerprint density at radius 1 is 1.00 bits per heavy atom. The molecule has 0 aromatic rings. The molecule has 2 N–H and O–H groups in total. The molecule has 17 heavy (non-hydrogen) atoms. The normalized spacial score (nSPS) is 27.4. The summed E-state index contributed by atoms with van der Waals surface area (Å²) in [6.45, 7) is 1.90. The molecule has 0 bridgehead atoms. The second-order valence-corrected chi connectivity index (χ2v) is 5.61. The fraction of sp³-hybridized carbons (Fsp3) is 0.929. The number of hydrogen-bond acceptors (Lipinski definition) is 2. The molecule has 3 nitrogen and oxygen atoms in total. The molecule has 0 radical (unpaired) electrons. The lowest BCUT2D eigenvalue weighted by Gasteiger charge is -2.23. The molecule has 1 saturated heterocycles. The lowest BCUT2D eigenvalue weighted by atomic mass is 9.89. The van der Waals surface area contributed by atoms with Crippen molar-refractivity contribution in [1.29, 1.82) is 0 Å². The maximum Gasteiger partial charge on any atom is 0.237 e. The van der Waals surface area contributed by atoms with E-state index in [-0.39, 0.29) is 11.9 Å². The van der Waals surface area contributed by atoms with Crippen LogP contribution in [0, 0.1) is 5.92 Å². The Kier molecular flexibility index (Phi) is 5.30. The molecule has 1 aliphatic heterocycles. The van der Waals surface area contributed by atoms with Gasteiger partial charge in [0.15, 0.2) is 0 Å². The molecule has 1 unspecified atom stereocenters. The Morgan fingerprint density at radius 2 is 1.71 bits per heavy atom. The first kappa shape index (κ1) is 12.9. The van der Waals surface area contributed by atoms with Crippen molar-refractivity contribution in [3.63, 3.8) is 0 Å². The van der Waals surface area contributed by atoms with Crippen LogP contribution in [0.1, 0.15) is 57.8 Å². The highest BCUT2D eigenvalue weighted by atomic mass is 16.2. The lowest BCUT2D eigenvalue weighted by Crippen LogP contribution is -2.45. The minimum Gasteiger partial charge on any atom is -0.354 e. The van der Waals surface area contributed by atoms with Crippen molar-refractivity contribution in [3.05, 3.63) is 0 Å². The summed E-state index contributed by atoms with van der Waals surface area (Å²) < 4.78 is 0. The predicted molar refractivity (Wildman–Crippen MR) is 69.8 cm³/mol. The minimum atomic E-state index is 0.0705. The number of rotatable bonds is 3. The van der Waals surface area contributed by atoms with Crippen LogP contribution in [0.3, 0.4) is 0 Å². The van der Waals surface area contributed by atoms with Gasteiger partial charge in [-0.05, 0) is 38.1 Å². The Hall–Kier alpha value is -0.570. The molecule has 2 rings (SSSR count). The molecule has 1 amide bonds. The van der Waals surface area contributed by atoms with E-state index in [0.29, 0.717) is 0 Å². The second kappa shape index (κ2) is 7.00. The first-order valence-corrected chi connectivity index (χ1v) is 7.37. The maximum atomic E-state index is 12.0. The van der Waals surface area contributed by atoms with Gasteiger partial charge in [0.05, 0.1) is 6.04 Å². The van der Waals surface area contributed by atoms with Crippen LogP contribution in [-0.4, -0.2) is 25.0 Å². The van der Waals surface area contributed by atoms with Gasteiger partial charge < -0.3 is 10.6 Å². The van der Waals surface area contributed by atoms with Gasteiger partial charge in [-0.25, -0.2) is 0 Å². The average molecular weight is 238 g/mol. The Balaban J connectivity index is 1.68. The minimum absolute atomic E-state index is 0.0705. The van der Waals surface area contributed by atoms with Gasteiger partial charge in [-0.3, -0.25) is 4.79 Å². The van der Waals surface area contributed by atoms with Crippen LogP contribution in [-0.2, 0) is 4.79 Å². The van der Waals surface area contributed by atoms with Gasteiger partial charge in [-0.1, -0.05) is 32.1 Å². The van der Waals surface area contributed by atoms with Gasteiger partial charge >= 0.3 is 0 Å². The van der Waals surface area contributed by atoms with Gasteiger partial charge in [-0.15, -0.1) is 0 Å². The third-order valence-corrected chi connectivity index (χ3v) is 4.17. The lowest BCUT2D eigenvalue weighted by molar-refractivity contribution is -0.123. The Bertz CT molecular complexity index is 228. The van der Waals surface area contributed by atoms with E-state index in [4.69, 9.17) is 0 Å². The molecule has 2 aliphatic rings. The summed E-state index contributed by atoms with van der Waals surface area (Å²) in [4.78, 5) is 12.0.